The number of ketones is 1. The fourth-order valence-corrected chi connectivity index (χ4v) is 2.00. The molecule has 1 heteroatoms. The van der Waals surface area contributed by atoms with E-state index >= 15 is 0 Å². The van der Waals surface area contributed by atoms with E-state index in [0.29, 0.717) is 12.2 Å². The van der Waals surface area contributed by atoms with Gasteiger partial charge in [0.05, 0.1) is 0 Å². The molecule has 0 aliphatic heterocycles. The van der Waals surface area contributed by atoms with Crippen LogP contribution in [0.2, 0.25) is 0 Å². The van der Waals surface area contributed by atoms with Crippen molar-refractivity contribution in [3.63, 3.8) is 0 Å². The third-order valence-electron chi connectivity index (χ3n) is 2.84. The monoisotopic (exact) mass is 200 g/mol. The Morgan fingerprint density at radius 1 is 0.933 bits per heavy atom. The molecule has 1 aliphatic carbocycles. The van der Waals surface area contributed by atoms with Gasteiger partial charge >= 0.3 is 0 Å². The second-order valence-electron chi connectivity index (χ2n) is 3.98. The summed E-state index contributed by atoms with van der Waals surface area (Å²) in [6, 6.07) is 8.01. The van der Waals surface area contributed by atoms with E-state index in [4.69, 9.17) is 0 Å². The maximum Gasteiger partial charge on any atom is 0.163 e. The number of Topliss-reactive ketones (excluding diaryl/α,β-unsaturated/α-hetero) is 1. The molecule has 0 aromatic heterocycles. The van der Waals surface area contributed by atoms with Crippen LogP contribution in [0.15, 0.2) is 36.4 Å². The summed E-state index contributed by atoms with van der Waals surface area (Å²) in [4.78, 5) is 11.9. The van der Waals surface area contributed by atoms with Crippen LogP contribution >= 0.6 is 0 Å². The van der Waals surface area contributed by atoms with Gasteiger partial charge in [0.15, 0.2) is 5.78 Å². The molecule has 0 amide bonds. The molecule has 0 saturated heterocycles. The molecule has 0 heterocycles. The first-order valence-corrected chi connectivity index (χ1v) is 5.64. The molecule has 0 spiro atoms. The molecule has 78 valence electrons. The van der Waals surface area contributed by atoms with Crippen LogP contribution in [0.5, 0.6) is 0 Å². The lowest BCUT2D eigenvalue weighted by Crippen LogP contribution is -2.04. The minimum Gasteiger partial charge on any atom is -0.294 e. The van der Waals surface area contributed by atoms with Gasteiger partial charge in [-0.25, -0.2) is 0 Å². The maximum atomic E-state index is 11.9. The fraction of sp³-hybridized carbons (Fsp3) is 0.357. The Morgan fingerprint density at radius 2 is 1.73 bits per heavy atom. The lowest BCUT2D eigenvalue weighted by atomic mass is 9.96. The maximum absolute atomic E-state index is 11.9. The SMILES string of the molecule is O=C1CCC/C=C\CCc2ccccc21. The van der Waals surface area contributed by atoms with Gasteiger partial charge in [0.25, 0.3) is 0 Å². The van der Waals surface area contributed by atoms with Crippen LogP contribution in [0.4, 0.5) is 0 Å². The first kappa shape index (κ1) is 10.2. The van der Waals surface area contributed by atoms with E-state index in [1.165, 1.54) is 5.56 Å². The van der Waals surface area contributed by atoms with Gasteiger partial charge in [0, 0.05) is 12.0 Å². The van der Waals surface area contributed by atoms with Crippen molar-refractivity contribution in [1.82, 2.24) is 0 Å². The molecule has 0 unspecified atom stereocenters. The molecule has 1 nitrogen and oxygen atoms in total. The second kappa shape index (κ2) is 4.92. The highest BCUT2D eigenvalue weighted by Crippen LogP contribution is 2.16. The standard InChI is InChI=1S/C14H16O/c15-14-11-5-3-1-2-4-8-12-9-6-7-10-13(12)14/h1-2,6-7,9-10H,3-5,8,11H2/b2-1-. The third-order valence-corrected chi connectivity index (χ3v) is 2.84. The van der Waals surface area contributed by atoms with Gasteiger partial charge in [-0.3, -0.25) is 4.79 Å². The number of rotatable bonds is 0. The van der Waals surface area contributed by atoms with Gasteiger partial charge in [-0.05, 0) is 31.2 Å². The van der Waals surface area contributed by atoms with E-state index in [9.17, 15) is 4.79 Å². The zero-order valence-electron chi connectivity index (χ0n) is 8.91. The average molecular weight is 200 g/mol. The number of hydrogen-bond donors (Lipinski definition) is 0. The van der Waals surface area contributed by atoms with E-state index < -0.39 is 0 Å². The Balaban J connectivity index is 2.29. The molecule has 1 aromatic carbocycles. The van der Waals surface area contributed by atoms with E-state index in [1.807, 2.05) is 18.2 Å². The molecule has 0 atom stereocenters. The van der Waals surface area contributed by atoms with Gasteiger partial charge in [0.2, 0.25) is 0 Å². The summed E-state index contributed by atoms with van der Waals surface area (Å²) >= 11 is 0. The van der Waals surface area contributed by atoms with E-state index in [-0.39, 0.29) is 0 Å². The molecule has 0 N–H and O–H groups in total. The quantitative estimate of drug-likeness (QED) is 0.585. The Bertz CT molecular complexity index is 377. The molecule has 0 fully saturated rings. The molecule has 15 heavy (non-hydrogen) atoms. The molecular weight excluding hydrogens is 184 g/mol. The molecular formula is C14H16O. The summed E-state index contributed by atoms with van der Waals surface area (Å²) in [6.07, 6.45) is 9.15. The number of allylic oxidation sites excluding steroid dienone is 2. The van der Waals surface area contributed by atoms with Crippen molar-refractivity contribution in [2.24, 2.45) is 0 Å². The smallest absolute Gasteiger partial charge is 0.163 e. The number of carbonyl (C=O) groups excluding carboxylic acids is 1. The number of fused-ring (bicyclic) bond motifs is 1. The van der Waals surface area contributed by atoms with Crippen LogP contribution in [0.25, 0.3) is 0 Å². The van der Waals surface area contributed by atoms with Gasteiger partial charge < -0.3 is 0 Å². The lowest BCUT2D eigenvalue weighted by Gasteiger charge is -2.08. The van der Waals surface area contributed by atoms with Crippen LogP contribution in [-0.4, -0.2) is 5.78 Å². The van der Waals surface area contributed by atoms with Gasteiger partial charge in [-0.1, -0.05) is 36.4 Å². The fourth-order valence-electron chi connectivity index (χ4n) is 2.00. The van der Waals surface area contributed by atoms with Crippen molar-refractivity contribution in [3.8, 4) is 0 Å². The van der Waals surface area contributed by atoms with Crippen molar-refractivity contribution >= 4 is 5.78 Å². The normalized spacial score (nSPS) is 19.3. The largest absolute Gasteiger partial charge is 0.294 e. The Labute approximate surface area is 90.8 Å². The van der Waals surface area contributed by atoms with Crippen molar-refractivity contribution < 1.29 is 4.79 Å². The van der Waals surface area contributed by atoms with E-state index in [0.717, 1.165) is 31.2 Å². The highest BCUT2D eigenvalue weighted by molar-refractivity contribution is 5.97. The lowest BCUT2D eigenvalue weighted by molar-refractivity contribution is 0.0979. The van der Waals surface area contributed by atoms with Crippen molar-refractivity contribution in [2.45, 2.75) is 32.1 Å². The minimum absolute atomic E-state index is 0.306. The number of carbonyl (C=O) groups is 1. The number of benzene rings is 1. The first-order valence-electron chi connectivity index (χ1n) is 5.64. The van der Waals surface area contributed by atoms with Gasteiger partial charge in [0.1, 0.15) is 0 Å². The van der Waals surface area contributed by atoms with E-state index in [1.54, 1.807) is 0 Å². The van der Waals surface area contributed by atoms with Crippen LogP contribution in [0, 0.1) is 0 Å². The van der Waals surface area contributed by atoms with E-state index in [2.05, 4.69) is 18.2 Å². The molecule has 0 bridgehead atoms. The van der Waals surface area contributed by atoms with Crippen LogP contribution < -0.4 is 0 Å². The molecule has 0 radical (unpaired) electrons. The molecule has 1 aromatic rings. The highest BCUT2D eigenvalue weighted by atomic mass is 16.1. The van der Waals surface area contributed by atoms with Crippen LogP contribution in [0.1, 0.15) is 41.6 Å². The zero-order valence-corrected chi connectivity index (χ0v) is 8.91. The number of hydrogen-bond acceptors (Lipinski definition) is 1. The molecule has 2 rings (SSSR count). The first-order chi connectivity index (χ1) is 7.38. The summed E-state index contributed by atoms with van der Waals surface area (Å²) in [6.45, 7) is 0. The Morgan fingerprint density at radius 3 is 2.67 bits per heavy atom. The summed E-state index contributed by atoms with van der Waals surface area (Å²) in [5.41, 5.74) is 2.14. The second-order valence-corrected chi connectivity index (χ2v) is 3.98. The number of aryl methyl sites for hydroxylation is 1. The Kier molecular flexibility index (Phi) is 3.33. The van der Waals surface area contributed by atoms with Gasteiger partial charge in [-0.15, -0.1) is 0 Å². The summed E-state index contributed by atoms with van der Waals surface area (Å²) in [5, 5.41) is 0. The predicted molar refractivity (Wildman–Crippen MR) is 62.1 cm³/mol. The highest BCUT2D eigenvalue weighted by Gasteiger charge is 2.10. The van der Waals surface area contributed by atoms with Crippen molar-refractivity contribution in [3.05, 3.63) is 47.5 Å². The summed E-state index contributed by atoms with van der Waals surface area (Å²) in [5.74, 6) is 0.306. The minimum atomic E-state index is 0.306. The summed E-state index contributed by atoms with van der Waals surface area (Å²) in [7, 11) is 0. The Hall–Kier alpha value is -1.37. The van der Waals surface area contributed by atoms with Crippen LogP contribution in [-0.2, 0) is 6.42 Å². The summed E-state index contributed by atoms with van der Waals surface area (Å²) < 4.78 is 0. The van der Waals surface area contributed by atoms with Gasteiger partial charge in [-0.2, -0.15) is 0 Å². The van der Waals surface area contributed by atoms with Crippen molar-refractivity contribution in [1.29, 1.82) is 0 Å². The average Bonchev–Trinajstić information content (AvgIpc) is 2.28. The van der Waals surface area contributed by atoms with Crippen LogP contribution in [0.3, 0.4) is 0 Å². The topological polar surface area (TPSA) is 17.1 Å². The van der Waals surface area contributed by atoms with Crippen molar-refractivity contribution in [2.75, 3.05) is 0 Å². The predicted octanol–water partition coefficient (Wildman–Crippen LogP) is 3.54. The molecule has 1 aliphatic rings. The third kappa shape index (κ3) is 2.56. The zero-order chi connectivity index (χ0) is 10.5. The molecule has 0 saturated carbocycles.